The molecule has 13 aromatic heterocycles. The van der Waals surface area contributed by atoms with Gasteiger partial charge < -0.3 is 9.13 Å². The molecular formula is C72H40N4S9. The summed E-state index contributed by atoms with van der Waals surface area (Å²) in [5, 5.41) is 19.3. The SMILES string of the molecule is c1csc(-c2ccc(-c3ccc(-n4c5ccccc5c5c4ccc4c6ccccc6n(-c6ccc(-c7ccc(-c8ccc(-n9c%10ccccc%10c%10ccc%11c(c%12ccccc%12n%11-c%11ccc(-c%12ccc(-c%13cccs%13)s%12)s%11)c%109)s8)s7)s6)c45)s3)s2)c1. The molecule has 402 valence electrons. The lowest BCUT2D eigenvalue weighted by molar-refractivity contribution is 1.22. The smallest absolute Gasteiger partial charge is 0.101 e. The molecule has 0 unspecified atom stereocenters. The van der Waals surface area contributed by atoms with Crippen molar-refractivity contribution < 1.29 is 0 Å². The second-order valence-corrected chi connectivity index (χ2v) is 30.5. The van der Waals surface area contributed by atoms with Gasteiger partial charge in [-0.05, 0) is 144 Å². The standard InChI is InChI=1S/C72H40N4S9/c1-5-15-47-41(11-1)43-21-23-51-69(45-13-3-7-17-49(45)73(51)65-35-31-61(82-65)57-27-25-55(79-57)53-19-9-39-77-53)71(43)75(47)67-37-33-63(84-67)59-29-30-60(81-59)64-34-38-68(85-64)76-48-16-6-2-12-42(48)44-22-24-52-70(72(44)76)46-14-4-8-18-50(46)74(52)66-36-32-62(83-66)58-28-26-56(80-58)54-20-10-40-78-54/h1-40H. The first-order valence-electron chi connectivity index (χ1n) is 27.8. The van der Waals surface area contributed by atoms with E-state index in [2.05, 4.69) is 260 Å². The zero-order valence-corrected chi connectivity index (χ0v) is 51.9. The molecule has 13 heteroatoms. The van der Waals surface area contributed by atoms with Crippen LogP contribution in [0, 0.1) is 0 Å². The number of hydrogen-bond donors (Lipinski definition) is 0. The van der Waals surface area contributed by atoms with Gasteiger partial charge in [0, 0.05) is 102 Å². The summed E-state index contributed by atoms with van der Waals surface area (Å²) in [6.07, 6.45) is 0. The second kappa shape index (κ2) is 19.2. The summed E-state index contributed by atoms with van der Waals surface area (Å²) in [7, 11) is 0. The molecule has 13 heterocycles. The van der Waals surface area contributed by atoms with Gasteiger partial charge in [0.05, 0.1) is 44.1 Å². The average Bonchev–Trinajstić information content (AvgIpc) is 1.62. The van der Waals surface area contributed by atoms with Crippen LogP contribution in [0.25, 0.3) is 166 Å². The van der Waals surface area contributed by atoms with Crippen molar-refractivity contribution >= 4 is 189 Å². The molecule has 85 heavy (non-hydrogen) atoms. The number of benzene rings is 6. The van der Waals surface area contributed by atoms with Crippen LogP contribution in [0.2, 0.25) is 0 Å². The normalized spacial score (nSPS) is 12.2. The minimum Gasteiger partial charge on any atom is -0.301 e. The highest BCUT2D eigenvalue weighted by Gasteiger charge is 2.26. The molecule has 4 nitrogen and oxygen atoms in total. The molecule has 0 bridgehead atoms. The fourth-order valence-corrected chi connectivity index (χ4v) is 22.1. The van der Waals surface area contributed by atoms with Crippen LogP contribution in [0.15, 0.2) is 241 Å². The lowest BCUT2D eigenvalue weighted by Crippen LogP contribution is -1.92. The molecular weight excluding hydrogens is 1210 g/mol. The van der Waals surface area contributed by atoms with Gasteiger partial charge in [-0.1, -0.05) is 97.1 Å². The van der Waals surface area contributed by atoms with E-state index in [1.54, 1.807) is 22.7 Å². The molecule has 0 saturated carbocycles. The third kappa shape index (κ3) is 7.49. The summed E-state index contributed by atoms with van der Waals surface area (Å²) >= 11 is 16.7. The van der Waals surface area contributed by atoms with E-state index in [4.69, 9.17) is 0 Å². The lowest BCUT2D eigenvalue weighted by atomic mass is 10.1. The lowest BCUT2D eigenvalue weighted by Gasteiger charge is -2.07. The van der Waals surface area contributed by atoms with Crippen molar-refractivity contribution in [1.82, 2.24) is 18.3 Å². The van der Waals surface area contributed by atoms with E-state index in [9.17, 15) is 0 Å². The van der Waals surface area contributed by atoms with Gasteiger partial charge >= 0.3 is 0 Å². The number of para-hydroxylation sites is 4. The van der Waals surface area contributed by atoms with Crippen molar-refractivity contribution in [3.05, 3.63) is 241 Å². The van der Waals surface area contributed by atoms with E-state index in [1.807, 2.05) is 79.4 Å². The third-order valence-corrected chi connectivity index (χ3v) is 27.0. The predicted molar refractivity (Wildman–Crippen MR) is 377 cm³/mol. The molecule has 0 fully saturated rings. The van der Waals surface area contributed by atoms with Crippen LogP contribution in [0.5, 0.6) is 0 Å². The summed E-state index contributed by atoms with van der Waals surface area (Å²) < 4.78 is 10.1. The quantitative estimate of drug-likeness (QED) is 0.130. The number of fused-ring (bicyclic) bond motifs is 14. The molecule has 0 N–H and O–H groups in total. The van der Waals surface area contributed by atoms with Crippen molar-refractivity contribution in [2.75, 3.05) is 0 Å². The van der Waals surface area contributed by atoms with Gasteiger partial charge in [-0.15, -0.1) is 102 Å². The third-order valence-electron chi connectivity index (χ3n) is 16.5. The highest BCUT2D eigenvalue weighted by atomic mass is 32.1. The number of thiophene rings is 9. The fraction of sp³-hybridized carbons (Fsp3) is 0. The van der Waals surface area contributed by atoms with Crippen molar-refractivity contribution in [2.24, 2.45) is 0 Å². The summed E-state index contributed by atoms with van der Waals surface area (Å²) in [4.78, 5) is 15.6. The largest absolute Gasteiger partial charge is 0.301 e. The molecule has 0 saturated heterocycles. The number of nitrogens with zero attached hydrogens (tertiary/aromatic N) is 4. The maximum Gasteiger partial charge on any atom is 0.101 e. The Balaban J connectivity index is 0.697. The van der Waals surface area contributed by atoms with E-state index >= 15 is 0 Å². The van der Waals surface area contributed by atoms with Gasteiger partial charge in [-0.2, -0.15) is 0 Å². The van der Waals surface area contributed by atoms with E-state index in [0.717, 1.165) is 0 Å². The Morgan fingerprint density at radius 1 is 0.188 bits per heavy atom. The topological polar surface area (TPSA) is 19.7 Å². The fourth-order valence-electron chi connectivity index (χ4n) is 12.9. The monoisotopic (exact) mass is 1250 g/mol. The van der Waals surface area contributed by atoms with Gasteiger partial charge in [0.25, 0.3) is 0 Å². The van der Waals surface area contributed by atoms with E-state index < -0.39 is 0 Å². The Bertz CT molecular complexity index is 5460. The number of aromatic nitrogens is 4. The molecule has 19 aromatic rings. The van der Waals surface area contributed by atoms with Crippen molar-refractivity contribution in [3.8, 4) is 78.5 Å². The second-order valence-electron chi connectivity index (χ2n) is 21.1. The number of hydrogen-bond acceptors (Lipinski definition) is 9. The van der Waals surface area contributed by atoms with Crippen LogP contribution in [0.1, 0.15) is 0 Å². The zero-order valence-electron chi connectivity index (χ0n) is 44.6. The maximum atomic E-state index is 2.54. The molecule has 0 radical (unpaired) electrons. The van der Waals surface area contributed by atoms with Crippen LogP contribution in [-0.2, 0) is 0 Å². The highest BCUT2D eigenvalue weighted by molar-refractivity contribution is 7.28. The van der Waals surface area contributed by atoms with Crippen LogP contribution >= 0.6 is 102 Å². The van der Waals surface area contributed by atoms with Crippen LogP contribution in [-0.4, -0.2) is 18.3 Å². The molecule has 6 aromatic carbocycles. The van der Waals surface area contributed by atoms with Crippen molar-refractivity contribution in [3.63, 3.8) is 0 Å². The summed E-state index contributed by atoms with van der Waals surface area (Å²) in [5.74, 6) is 0. The predicted octanol–water partition coefficient (Wildman–Crippen LogP) is 24.6. The first-order chi connectivity index (χ1) is 42.1. The molecule has 0 amide bonds. The minimum absolute atomic E-state index is 1.21. The van der Waals surface area contributed by atoms with Gasteiger partial charge in [0.1, 0.15) is 20.0 Å². The van der Waals surface area contributed by atoms with Crippen LogP contribution < -0.4 is 0 Å². The van der Waals surface area contributed by atoms with Crippen molar-refractivity contribution in [2.45, 2.75) is 0 Å². The Kier molecular flexibility index (Phi) is 11.1. The minimum atomic E-state index is 1.21. The van der Waals surface area contributed by atoms with Gasteiger partial charge in [0.2, 0.25) is 0 Å². The Hall–Kier alpha value is -8.18. The molecule has 19 rings (SSSR count). The highest BCUT2D eigenvalue weighted by Crippen LogP contribution is 2.50. The maximum absolute atomic E-state index is 2.54. The van der Waals surface area contributed by atoms with Gasteiger partial charge in [-0.25, -0.2) is 0 Å². The molecule has 0 atom stereocenters. The first kappa shape index (κ1) is 49.1. The Morgan fingerprint density at radius 2 is 0.482 bits per heavy atom. The first-order valence-corrected chi connectivity index (χ1v) is 35.3. The zero-order chi connectivity index (χ0) is 55.4. The summed E-state index contributed by atoms with van der Waals surface area (Å²) in [6.45, 7) is 0. The van der Waals surface area contributed by atoms with Gasteiger partial charge in [-0.3, -0.25) is 9.13 Å². The van der Waals surface area contributed by atoms with E-state index in [-0.39, 0.29) is 0 Å². The Labute approximate surface area is 522 Å². The van der Waals surface area contributed by atoms with Crippen LogP contribution in [0.3, 0.4) is 0 Å². The number of rotatable bonds is 10. The van der Waals surface area contributed by atoms with E-state index in [0.29, 0.717) is 0 Å². The Morgan fingerprint density at radius 3 is 0.835 bits per heavy atom. The summed E-state index contributed by atoms with van der Waals surface area (Å²) in [5.41, 5.74) is 9.81. The molecule has 0 aliphatic rings. The molecule has 0 spiro atoms. The van der Waals surface area contributed by atoms with Crippen molar-refractivity contribution in [1.29, 1.82) is 0 Å². The van der Waals surface area contributed by atoms with Crippen LogP contribution in [0.4, 0.5) is 0 Å². The molecule has 0 aliphatic carbocycles. The summed E-state index contributed by atoms with van der Waals surface area (Å²) in [6, 6.07) is 86.3. The molecule has 0 aliphatic heterocycles. The van der Waals surface area contributed by atoms with E-state index in [1.165, 1.54) is 166 Å². The van der Waals surface area contributed by atoms with Gasteiger partial charge in [0.15, 0.2) is 0 Å². The average molecular weight is 1250 g/mol.